The summed E-state index contributed by atoms with van der Waals surface area (Å²) >= 11 is -1.47. The minimum atomic E-state index is -1.47. The SMILES string of the molecule is COC(=O)C1C[CH]([Hg][O]C(C)=O)C1. The number of methoxy groups -OCH3 is 1. The van der Waals surface area contributed by atoms with Crippen LogP contribution in [0.4, 0.5) is 0 Å². The molecule has 0 aliphatic heterocycles. The fraction of sp³-hybridized carbons (Fsp3) is 0.750. The minimum absolute atomic E-state index is 0.0746. The Labute approximate surface area is 90.1 Å². The van der Waals surface area contributed by atoms with Crippen LogP contribution in [0.3, 0.4) is 0 Å². The number of hydrogen-bond donors (Lipinski definition) is 0. The van der Waals surface area contributed by atoms with Crippen molar-refractivity contribution in [2.24, 2.45) is 5.92 Å². The Morgan fingerprint density at radius 1 is 1.38 bits per heavy atom. The molecule has 4 nitrogen and oxygen atoms in total. The maximum absolute atomic E-state index is 11.0. The monoisotopic (exact) mass is 374 g/mol. The van der Waals surface area contributed by atoms with Gasteiger partial charge in [0.25, 0.3) is 0 Å². The molecular weight excluding hydrogens is 361 g/mol. The van der Waals surface area contributed by atoms with Crippen molar-refractivity contribution in [3.8, 4) is 0 Å². The normalized spacial score (nSPS) is 25.4. The molecule has 0 bridgehead atoms. The van der Waals surface area contributed by atoms with E-state index in [1.165, 1.54) is 14.0 Å². The second-order valence-corrected chi connectivity index (χ2v) is 10.3. The van der Waals surface area contributed by atoms with Crippen molar-refractivity contribution in [1.29, 1.82) is 0 Å². The van der Waals surface area contributed by atoms with Gasteiger partial charge in [0.1, 0.15) is 0 Å². The van der Waals surface area contributed by atoms with Crippen molar-refractivity contribution in [2.45, 2.75) is 23.2 Å². The predicted molar refractivity (Wildman–Crippen MR) is 40.3 cm³/mol. The van der Waals surface area contributed by atoms with E-state index in [1.807, 2.05) is 0 Å². The van der Waals surface area contributed by atoms with Crippen molar-refractivity contribution in [3.05, 3.63) is 0 Å². The molecule has 0 aromatic heterocycles. The van der Waals surface area contributed by atoms with E-state index in [1.54, 1.807) is 0 Å². The van der Waals surface area contributed by atoms with Gasteiger partial charge in [-0.05, 0) is 0 Å². The van der Waals surface area contributed by atoms with Crippen LogP contribution in [-0.4, -0.2) is 19.0 Å². The van der Waals surface area contributed by atoms with Gasteiger partial charge in [-0.2, -0.15) is 0 Å². The molecule has 1 rings (SSSR count). The van der Waals surface area contributed by atoms with Crippen molar-refractivity contribution < 1.29 is 42.0 Å². The molecular formula is C8H12HgO4. The predicted octanol–water partition coefficient (Wildman–Crippen LogP) is 0.918. The summed E-state index contributed by atoms with van der Waals surface area (Å²) in [6.07, 6.45) is 1.75. The van der Waals surface area contributed by atoms with E-state index in [0.717, 1.165) is 12.8 Å². The molecule has 0 aromatic rings. The zero-order valence-electron chi connectivity index (χ0n) is 7.91. The fourth-order valence-corrected chi connectivity index (χ4v) is 7.48. The Hall–Kier alpha value is -0.125. The molecule has 5 heteroatoms. The molecule has 0 radical (unpaired) electrons. The van der Waals surface area contributed by atoms with Crippen LogP contribution < -0.4 is 0 Å². The number of carbonyl (C=O) groups is 2. The number of rotatable bonds is 3. The van der Waals surface area contributed by atoms with Crippen LogP contribution >= 0.6 is 0 Å². The first kappa shape index (κ1) is 11.0. The van der Waals surface area contributed by atoms with Gasteiger partial charge in [0.05, 0.1) is 0 Å². The number of carbonyl (C=O) groups excluding carboxylic acids is 2. The molecule has 1 aliphatic rings. The summed E-state index contributed by atoms with van der Waals surface area (Å²) in [7, 11) is 1.41. The summed E-state index contributed by atoms with van der Waals surface area (Å²) in [5, 5.41) is 0. The Morgan fingerprint density at radius 2 is 2.00 bits per heavy atom. The second kappa shape index (κ2) is 4.93. The molecule has 0 atom stereocenters. The fourth-order valence-electron chi connectivity index (χ4n) is 1.47. The average Bonchev–Trinajstić information content (AvgIpc) is 2.00. The van der Waals surface area contributed by atoms with E-state index in [0.29, 0.717) is 3.43 Å². The van der Waals surface area contributed by atoms with Crippen LogP contribution in [0.25, 0.3) is 0 Å². The molecule has 0 spiro atoms. The molecule has 13 heavy (non-hydrogen) atoms. The molecule has 1 fully saturated rings. The first-order chi connectivity index (χ1) is 6.13. The van der Waals surface area contributed by atoms with Crippen molar-refractivity contribution >= 4 is 11.9 Å². The van der Waals surface area contributed by atoms with Gasteiger partial charge in [-0.1, -0.05) is 0 Å². The number of esters is 1. The van der Waals surface area contributed by atoms with E-state index < -0.39 is 25.0 Å². The summed E-state index contributed by atoms with van der Waals surface area (Å²) in [5.41, 5.74) is 0. The molecule has 0 heterocycles. The van der Waals surface area contributed by atoms with Crippen LogP contribution in [0.2, 0.25) is 3.43 Å². The summed E-state index contributed by atoms with van der Waals surface area (Å²) in [6, 6.07) is 0. The van der Waals surface area contributed by atoms with Crippen LogP contribution in [0.5, 0.6) is 0 Å². The van der Waals surface area contributed by atoms with E-state index in [4.69, 9.17) is 2.64 Å². The van der Waals surface area contributed by atoms with Crippen LogP contribution in [0.15, 0.2) is 0 Å². The second-order valence-electron chi connectivity index (χ2n) is 3.36. The molecule has 0 amide bonds. The van der Waals surface area contributed by atoms with E-state index in [9.17, 15) is 9.59 Å². The average molecular weight is 373 g/mol. The third-order valence-electron chi connectivity index (χ3n) is 2.29. The number of hydrogen-bond acceptors (Lipinski definition) is 4. The van der Waals surface area contributed by atoms with E-state index in [2.05, 4.69) is 4.74 Å². The molecule has 0 N–H and O–H groups in total. The third kappa shape index (κ3) is 3.25. The van der Waals surface area contributed by atoms with Crippen LogP contribution in [0.1, 0.15) is 19.8 Å². The van der Waals surface area contributed by atoms with E-state index >= 15 is 0 Å². The quantitative estimate of drug-likeness (QED) is 0.546. The Morgan fingerprint density at radius 3 is 2.46 bits per heavy atom. The standard InChI is InChI=1S/C6H9O2.C2H4O2.Hg/c1-8-6(7)5-3-2-4-5;1-2(3)4;/h2,5H,3-4H2,1H3;1H3,(H,3,4);/q;;+1/p-1. The zero-order chi connectivity index (χ0) is 9.84. The molecule has 1 aliphatic carbocycles. The van der Waals surface area contributed by atoms with Gasteiger partial charge >= 0.3 is 90.2 Å². The number of ether oxygens (including phenoxy) is 1. The Balaban J connectivity index is 2.11. The molecule has 0 saturated heterocycles. The topological polar surface area (TPSA) is 52.6 Å². The molecule has 0 unspecified atom stereocenters. The summed E-state index contributed by atoms with van der Waals surface area (Å²) in [6.45, 7) is 1.44. The summed E-state index contributed by atoms with van der Waals surface area (Å²) in [5.74, 6) is -0.207. The molecule has 1 saturated carbocycles. The molecule has 0 aromatic carbocycles. The van der Waals surface area contributed by atoms with Gasteiger partial charge in [0.2, 0.25) is 0 Å². The Kier molecular flexibility index (Phi) is 4.16. The van der Waals surface area contributed by atoms with Crippen LogP contribution in [0, 0.1) is 5.92 Å². The molecule has 70 valence electrons. The summed E-state index contributed by atoms with van der Waals surface area (Å²) < 4.78 is 10.2. The van der Waals surface area contributed by atoms with Crippen molar-refractivity contribution in [2.75, 3.05) is 7.11 Å². The van der Waals surface area contributed by atoms with Gasteiger partial charge in [-0.15, -0.1) is 0 Å². The first-order valence-corrected chi connectivity index (χ1v) is 9.76. The van der Waals surface area contributed by atoms with Gasteiger partial charge in [0, 0.05) is 0 Å². The maximum atomic E-state index is 11.0. The van der Waals surface area contributed by atoms with Gasteiger partial charge in [-0.25, -0.2) is 0 Å². The van der Waals surface area contributed by atoms with Gasteiger partial charge in [0.15, 0.2) is 0 Å². The van der Waals surface area contributed by atoms with E-state index in [-0.39, 0.29) is 17.9 Å². The van der Waals surface area contributed by atoms with Crippen molar-refractivity contribution in [3.63, 3.8) is 0 Å². The van der Waals surface area contributed by atoms with Crippen molar-refractivity contribution in [1.82, 2.24) is 0 Å². The summed E-state index contributed by atoms with van der Waals surface area (Å²) in [4.78, 5) is 21.5. The van der Waals surface area contributed by atoms with Crippen LogP contribution in [-0.2, 0) is 42.0 Å². The Bertz CT molecular complexity index is 210. The third-order valence-corrected chi connectivity index (χ3v) is 8.95. The van der Waals surface area contributed by atoms with Gasteiger partial charge in [-0.3, -0.25) is 0 Å². The first-order valence-electron chi connectivity index (χ1n) is 4.34. The van der Waals surface area contributed by atoms with Gasteiger partial charge < -0.3 is 0 Å². The zero-order valence-corrected chi connectivity index (χ0v) is 13.4.